The third-order valence-electron chi connectivity index (χ3n) is 16.0. The number of rotatable bonds is 10. The van der Waals surface area contributed by atoms with E-state index in [9.17, 15) is 0 Å². The number of ether oxygens (including phenoxy) is 1. The van der Waals surface area contributed by atoms with Crippen molar-refractivity contribution in [2.75, 3.05) is 9.80 Å². The van der Waals surface area contributed by atoms with E-state index < -0.39 is 5.41 Å². The molecule has 5 nitrogen and oxygen atoms in total. The molecule has 2 aromatic heterocycles. The van der Waals surface area contributed by atoms with Crippen LogP contribution in [0, 0.1) is 18.8 Å². The van der Waals surface area contributed by atoms with Gasteiger partial charge in [0, 0.05) is 66.8 Å². The molecular weight excluding hydrogens is 1130 g/mol. The summed E-state index contributed by atoms with van der Waals surface area (Å²) in [6, 6.07) is 73.8. The molecule has 6 heteroatoms. The van der Waals surface area contributed by atoms with Crippen LogP contribution >= 0.6 is 0 Å². The topological polar surface area (TPSA) is 33.5 Å². The van der Waals surface area contributed by atoms with Gasteiger partial charge in [0.05, 0.1) is 0 Å². The number of benzene rings is 8. The largest absolute Gasteiger partial charge is 0.509 e. The van der Waals surface area contributed by atoms with E-state index >= 15 is 0 Å². The standard InChI is InChI=1S/C72H71N4O.Pt/c1-68(2,3)52-33-34-63-64(42-52)75(56-38-49(48-25-17-14-18-26-48)37-55(40-56)71(10,11)50-27-19-15-20-28-50)47-74(63)57-39-54(70(7,8)9)41-58(44-57)77-59-45-61(72(12,13)51-29-21-16-22-30-51)67-60-31-23-24-32-62(60)76(65(67)46-59)66-43-53(35-36-73-66)69(4,5)6;/h14-43,45,47H,1-13H3;/q-3;. The van der Waals surface area contributed by atoms with Gasteiger partial charge in [0.25, 0.3) is 0 Å². The molecule has 0 aliphatic carbocycles. The summed E-state index contributed by atoms with van der Waals surface area (Å²) < 4.78 is 9.55. The first kappa shape index (κ1) is 54.2. The molecule has 0 atom stereocenters. The molecule has 0 saturated heterocycles. The van der Waals surface area contributed by atoms with Crippen molar-refractivity contribution in [1.82, 2.24) is 9.55 Å². The van der Waals surface area contributed by atoms with E-state index in [4.69, 9.17) is 9.72 Å². The van der Waals surface area contributed by atoms with Gasteiger partial charge in [0.2, 0.25) is 0 Å². The van der Waals surface area contributed by atoms with Gasteiger partial charge in [-0.05, 0) is 108 Å². The number of para-hydroxylation sites is 1. The van der Waals surface area contributed by atoms with Crippen molar-refractivity contribution in [3.05, 3.63) is 246 Å². The van der Waals surface area contributed by atoms with Crippen LogP contribution in [0.4, 0.5) is 22.7 Å². The fraction of sp³-hybridized carbons (Fsp3) is 0.250. The van der Waals surface area contributed by atoms with Gasteiger partial charge in [-0.25, -0.2) is 4.98 Å². The Morgan fingerprint density at radius 1 is 0.449 bits per heavy atom. The second kappa shape index (κ2) is 20.2. The number of pyridine rings is 1. The maximum atomic E-state index is 7.28. The van der Waals surface area contributed by atoms with Gasteiger partial charge >= 0.3 is 0 Å². The monoisotopic (exact) mass is 1200 g/mol. The average molecular weight is 1200 g/mol. The summed E-state index contributed by atoms with van der Waals surface area (Å²) in [5.41, 5.74) is 15.8. The summed E-state index contributed by atoms with van der Waals surface area (Å²) >= 11 is 0. The second-order valence-electron chi connectivity index (χ2n) is 25.2. The molecule has 11 rings (SSSR count). The Labute approximate surface area is 478 Å². The van der Waals surface area contributed by atoms with Crippen molar-refractivity contribution < 1.29 is 25.8 Å². The molecule has 1 aliphatic heterocycles. The first-order chi connectivity index (χ1) is 36.6. The molecule has 1 aliphatic rings. The first-order valence-corrected chi connectivity index (χ1v) is 27.2. The summed E-state index contributed by atoms with van der Waals surface area (Å²) in [5, 5.41) is 2.27. The first-order valence-electron chi connectivity index (χ1n) is 27.2. The van der Waals surface area contributed by atoms with Gasteiger partial charge in [-0.2, -0.15) is 0 Å². The molecule has 0 radical (unpaired) electrons. The average Bonchev–Trinajstić information content (AvgIpc) is 4.20. The number of fused-ring (bicyclic) bond motifs is 4. The van der Waals surface area contributed by atoms with Crippen LogP contribution in [0.3, 0.4) is 0 Å². The minimum atomic E-state index is -0.429. The van der Waals surface area contributed by atoms with Crippen molar-refractivity contribution in [1.29, 1.82) is 0 Å². The normalized spacial score (nSPS) is 13.2. The Hall–Kier alpha value is -7.20. The Balaban J connectivity index is 0.00000688. The van der Waals surface area contributed by atoms with Crippen LogP contribution in [0.5, 0.6) is 11.5 Å². The molecule has 8 aromatic carbocycles. The number of anilines is 4. The summed E-state index contributed by atoms with van der Waals surface area (Å²) in [7, 11) is 0. The minimum absolute atomic E-state index is 0. The van der Waals surface area contributed by atoms with E-state index in [1.807, 2.05) is 6.20 Å². The van der Waals surface area contributed by atoms with E-state index in [1.54, 1.807) is 0 Å². The van der Waals surface area contributed by atoms with Gasteiger partial charge in [-0.15, -0.1) is 53.8 Å². The summed E-state index contributed by atoms with van der Waals surface area (Å²) in [6.45, 7) is 31.9. The minimum Gasteiger partial charge on any atom is -0.509 e. The zero-order valence-corrected chi connectivity index (χ0v) is 49.8. The molecule has 78 heavy (non-hydrogen) atoms. The second-order valence-corrected chi connectivity index (χ2v) is 25.2. The van der Waals surface area contributed by atoms with E-state index in [0.717, 1.165) is 61.5 Å². The molecule has 0 bridgehead atoms. The quantitative estimate of drug-likeness (QED) is 0.128. The van der Waals surface area contributed by atoms with Crippen LogP contribution in [0.1, 0.15) is 129 Å². The third-order valence-corrected chi connectivity index (χ3v) is 16.0. The molecule has 0 N–H and O–H groups in total. The fourth-order valence-corrected chi connectivity index (χ4v) is 11.0. The van der Waals surface area contributed by atoms with Crippen molar-refractivity contribution in [2.45, 2.75) is 117 Å². The molecule has 0 amide bonds. The van der Waals surface area contributed by atoms with Crippen molar-refractivity contribution in [3.8, 4) is 28.4 Å². The summed E-state index contributed by atoms with van der Waals surface area (Å²) in [5.74, 6) is 2.06. The Morgan fingerprint density at radius 2 is 1.04 bits per heavy atom. The zero-order chi connectivity index (χ0) is 54.2. The van der Waals surface area contributed by atoms with Crippen LogP contribution in [-0.4, -0.2) is 9.55 Å². The molecule has 0 fully saturated rings. The predicted octanol–water partition coefficient (Wildman–Crippen LogP) is 19.2. The van der Waals surface area contributed by atoms with Crippen LogP contribution in [0.15, 0.2) is 188 Å². The van der Waals surface area contributed by atoms with Gasteiger partial charge in [-0.1, -0.05) is 222 Å². The van der Waals surface area contributed by atoms with Gasteiger partial charge < -0.3 is 19.1 Å². The number of hydrogen-bond acceptors (Lipinski definition) is 4. The summed E-state index contributed by atoms with van der Waals surface area (Å²) in [4.78, 5) is 9.72. The van der Waals surface area contributed by atoms with Crippen molar-refractivity contribution >= 4 is 44.6 Å². The molecule has 10 aromatic rings. The zero-order valence-electron chi connectivity index (χ0n) is 47.5. The van der Waals surface area contributed by atoms with Gasteiger partial charge in [-0.3, -0.25) is 0 Å². The number of nitrogens with zero attached hydrogens (tertiary/aromatic N) is 4. The van der Waals surface area contributed by atoms with Gasteiger partial charge in [0.15, 0.2) is 0 Å². The molecule has 3 heterocycles. The van der Waals surface area contributed by atoms with E-state index in [1.165, 1.54) is 38.9 Å². The Morgan fingerprint density at radius 3 is 1.69 bits per heavy atom. The van der Waals surface area contributed by atoms with Crippen LogP contribution in [-0.2, 0) is 48.1 Å². The summed E-state index contributed by atoms with van der Waals surface area (Å²) in [6.07, 6.45) is 1.93. The fourth-order valence-electron chi connectivity index (χ4n) is 11.0. The van der Waals surface area contributed by atoms with Crippen LogP contribution in [0.25, 0.3) is 38.8 Å². The molecule has 398 valence electrons. The van der Waals surface area contributed by atoms with Gasteiger partial charge in [0.1, 0.15) is 5.82 Å². The van der Waals surface area contributed by atoms with Crippen molar-refractivity contribution in [2.24, 2.45) is 0 Å². The predicted molar refractivity (Wildman–Crippen MR) is 323 cm³/mol. The van der Waals surface area contributed by atoms with Crippen molar-refractivity contribution in [3.63, 3.8) is 0 Å². The van der Waals surface area contributed by atoms with E-state index in [0.29, 0.717) is 11.5 Å². The Kier molecular flexibility index (Phi) is 14.0. The van der Waals surface area contributed by atoms with Crippen LogP contribution in [0.2, 0.25) is 0 Å². The van der Waals surface area contributed by atoms with Crippen LogP contribution < -0.4 is 14.5 Å². The van der Waals surface area contributed by atoms with E-state index in [-0.39, 0.29) is 42.7 Å². The molecule has 0 saturated carbocycles. The third kappa shape index (κ3) is 10.1. The molecule has 0 spiro atoms. The number of hydrogen-bond donors (Lipinski definition) is 0. The maximum Gasteiger partial charge on any atom is 0.135 e. The molecule has 0 unspecified atom stereocenters. The maximum absolute atomic E-state index is 7.28. The SMILES string of the molecule is CC(C)(C)c1cc(Oc2[c-]c3c(c(C(C)(C)c4ccccc4)c2)c2ccccc2n3-c2cc(C(C)(C)C)ccn2)[c-]c(N2[CH-]N(c3cc(-c4ccccc4)cc(C(C)(C)c4ccccc4)c3)c3cc(C(C)(C)C)ccc32)c1.[Pt]. The number of aromatic nitrogens is 2. The smallest absolute Gasteiger partial charge is 0.135 e. The molecular formula is C72H71N4OPt-3. The Bertz CT molecular complexity index is 3820. The van der Waals surface area contributed by atoms with E-state index in [2.05, 4.69) is 305 Å².